The van der Waals surface area contributed by atoms with Gasteiger partial charge in [0.15, 0.2) is 0 Å². The van der Waals surface area contributed by atoms with Crippen LogP contribution in [0.4, 0.5) is 0 Å². The van der Waals surface area contributed by atoms with Crippen LogP contribution >= 0.6 is 0 Å². The first kappa shape index (κ1) is 18.2. The van der Waals surface area contributed by atoms with Crippen molar-refractivity contribution in [3.05, 3.63) is 59.3 Å². The standard InChI is InChI=1S/C19H27N/c1-7-18(14-20)19(13-12-16(4)5)17(6)11-9-8-10-15(2)3/h7,9,11-13,15H,6,8,10H2,1-5H3/b11-9-,18-7-,19-13-. The van der Waals surface area contributed by atoms with Gasteiger partial charge in [-0.15, -0.1) is 0 Å². The van der Waals surface area contributed by atoms with Gasteiger partial charge in [-0.25, -0.2) is 0 Å². The molecule has 0 aliphatic heterocycles. The predicted molar refractivity (Wildman–Crippen MR) is 89.2 cm³/mol. The van der Waals surface area contributed by atoms with Crippen LogP contribution in [0.3, 0.4) is 0 Å². The largest absolute Gasteiger partial charge is 0.192 e. The van der Waals surface area contributed by atoms with Gasteiger partial charge in [-0.1, -0.05) is 56.4 Å². The van der Waals surface area contributed by atoms with Gasteiger partial charge in [0.2, 0.25) is 0 Å². The van der Waals surface area contributed by atoms with Crippen molar-refractivity contribution in [3.8, 4) is 6.07 Å². The Bertz CT molecular complexity index is 472. The van der Waals surface area contributed by atoms with Crippen LogP contribution in [0.25, 0.3) is 0 Å². The van der Waals surface area contributed by atoms with Gasteiger partial charge in [0.1, 0.15) is 0 Å². The Balaban J connectivity index is 5.07. The Morgan fingerprint density at radius 2 is 1.90 bits per heavy atom. The summed E-state index contributed by atoms with van der Waals surface area (Å²) in [7, 11) is 0. The molecular weight excluding hydrogens is 242 g/mol. The van der Waals surface area contributed by atoms with Gasteiger partial charge in [0.25, 0.3) is 0 Å². The molecule has 0 fully saturated rings. The fourth-order valence-corrected chi connectivity index (χ4v) is 1.65. The maximum absolute atomic E-state index is 9.21. The van der Waals surface area contributed by atoms with Crippen LogP contribution in [0.1, 0.15) is 47.5 Å². The Kier molecular flexibility index (Phi) is 9.13. The van der Waals surface area contributed by atoms with E-state index in [1.54, 1.807) is 0 Å². The van der Waals surface area contributed by atoms with Crippen LogP contribution < -0.4 is 0 Å². The normalized spacial score (nSPS) is 12.7. The van der Waals surface area contributed by atoms with Crippen LogP contribution in [0.5, 0.6) is 0 Å². The van der Waals surface area contributed by atoms with E-state index >= 15 is 0 Å². The average molecular weight is 269 g/mol. The summed E-state index contributed by atoms with van der Waals surface area (Å²) >= 11 is 0. The third-order valence-corrected chi connectivity index (χ3v) is 2.86. The topological polar surface area (TPSA) is 23.8 Å². The molecule has 0 aromatic heterocycles. The Morgan fingerprint density at radius 1 is 1.25 bits per heavy atom. The van der Waals surface area contributed by atoms with E-state index < -0.39 is 0 Å². The molecule has 108 valence electrons. The zero-order chi connectivity index (χ0) is 15.5. The second-order valence-electron chi connectivity index (χ2n) is 5.54. The van der Waals surface area contributed by atoms with E-state index in [9.17, 15) is 5.26 Å². The molecule has 0 unspecified atom stereocenters. The van der Waals surface area contributed by atoms with Gasteiger partial charge in [0, 0.05) is 0 Å². The summed E-state index contributed by atoms with van der Waals surface area (Å²) < 4.78 is 0. The summed E-state index contributed by atoms with van der Waals surface area (Å²) in [5.41, 5.74) is 3.66. The summed E-state index contributed by atoms with van der Waals surface area (Å²) in [6, 6.07) is 2.23. The maximum Gasteiger partial charge on any atom is 0.0994 e. The van der Waals surface area contributed by atoms with Crippen molar-refractivity contribution in [1.82, 2.24) is 0 Å². The maximum atomic E-state index is 9.21. The quantitative estimate of drug-likeness (QED) is 0.417. The number of rotatable bonds is 7. The van der Waals surface area contributed by atoms with Crippen molar-refractivity contribution in [2.45, 2.75) is 47.5 Å². The second-order valence-corrected chi connectivity index (χ2v) is 5.54. The second kappa shape index (κ2) is 10.0. The summed E-state index contributed by atoms with van der Waals surface area (Å²) in [6.45, 7) is 14.5. The molecule has 0 aliphatic rings. The number of nitriles is 1. The lowest BCUT2D eigenvalue weighted by atomic mass is 9.97. The summed E-state index contributed by atoms with van der Waals surface area (Å²) in [4.78, 5) is 0. The van der Waals surface area contributed by atoms with Gasteiger partial charge in [-0.2, -0.15) is 5.26 Å². The highest BCUT2D eigenvalue weighted by Gasteiger charge is 2.05. The fourth-order valence-electron chi connectivity index (χ4n) is 1.65. The van der Waals surface area contributed by atoms with Crippen molar-refractivity contribution in [2.24, 2.45) is 5.92 Å². The zero-order valence-electron chi connectivity index (χ0n) is 13.5. The molecule has 1 heteroatoms. The van der Waals surface area contributed by atoms with Gasteiger partial charge >= 0.3 is 0 Å². The number of hydrogen-bond acceptors (Lipinski definition) is 1. The van der Waals surface area contributed by atoms with E-state index in [0.717, 1.165) is 17.6 Å². The molecule has 0 aliphatic carbocycles. The first-order valence-electron chi connectivity index (χ1n) is 7.20. The molecule has 0 rings (SSSR count). The van der Waals surface area contributed by atoms with E-state index in [-0.39, 0.29) is 0 Å². The Labute approximate surface area is 124 Å². The average Bonchev–Trinajstić information content (AvgIpc) is 2.38. The molecule has 0 aromatic rings. The predicted octanol–water partition coefficient (Wildman–Crippen LogP) is 5.90. The van der Waals surface area contributed by atoms with Gasteiger partial charge in [-0.05, 0) is 50.7 Å². The third-order valence-electron chi connectivity index (χ3n) is 2.86. The van der Waals surface area contributed by atoms with Gasteiger partial charge in [0.05, 0.1) is 11.6 Å². The highest BCUT2D eigenvalue weighted by atomic mass is 14.3. The fraction of sp³-hybridized carbons (Fsp3) is 0.421. The van der Waals surface area contributed by atoms with Crippen LogP contribution in [-0.2, 0) is 0 Å². The van der Waals surface area contributed by atoms with E-state index in [0.29, 0.717) is 11.5 Å². The van der Waals surface area contributed by atoms with Gasteiger partial charge < -0.3 is 0 Å². The molecule has 0 radical (unpaired) electrons. The molecule has 0 saturated carbocycles. The van der Waals surface area contributed by atoms with Crippen molar-refractivity contribution in [3.63, 3.8) is 0 Å². The Morgan fingerprint density at radius 3 is 2.35 bits per heavy atom. The molecule has 20 heavy (non-hydrogen) atoms. The molecule has 0 bridgehead atoms. The zero-order valence-corrected chi connectivity index (χ0v) is 13.5. The lowest BCUT2D eigenvalue weighted by Gasteiger charge is -2.06. The number of hydrogen-bond donors (Lipinski definition) is 0. The highest BCUT2D eigenvalue weighted by Crippen LogP contribution is 2.20. The molecule has 0 spiro atoms. The summed E-state index contributed by atoms with van der Waals surface area (Å²) in [5, 5.41) is 9.21. The third kappa shape index (κ3) is 7.59. The van der Waals surface area contributed by atoms with E-state index in [2.05, 4.69) is 32.6 Å². The first-order valence-corrected chi connectivity index (χ1v) is 7.20. The molecular formula is C19H27N. The summed E-state index contributed by atoms with van der Waals surface area (Å²) in [5.74, 6) is 0.707. The lowest BCUT2D eigenvalue weighted by molar-refractivity contribution is 0.594. The minimum Gasteiger partial charge on any atom is -0.192 e. The van der Waals surface area contributed by atoms with Crippen molar-refractivity contribution in [2.75, 3.05) is 0 Å². The van der Waals surface area contributed by atoms with Crippen LogP contribution in [0.15, 0.2) is 59.3 Å². The molecule has 0 aromatic carbocycles. The number of allylic oxidation sites excluding steroid dienone is 9. The molecule has 0 heterocycles. The molecule has 1 nitrogen and oxygen atoms in total. The number of nitrogens with zero attached hydrogens (tertiary/aromatic N) is 1. The van der Waals surface area contributed by atoms with E-state index in [1.165, 1.54) is 12.0 Å². The van der Waals surface area contributed by atoms with Crippen LogP contribution in [-0.4, -0.2) is 0 Å². The lowest BCUT2D eigenvalue weighted by Crippen LogP contribution is -1.90. The van der Waals surface area contributed by atoms with E-state index in [4.69, 9.17) is 0 Å². The van der Waals surface area contributed by atoms with Crippen molar-refractivity contribution >= 4 is 0 Å². The molecule has 0 amide bonds. The van der Waals surface area contributed by atoms with E-state index in [1.807, 2.05) is 45.1 Å². The van der Waals surface area contributed by atoms with Crippen molar-refractivity contribution in [1.29, 1.82) is 5.26 Å². The molecule has 0 atom stereocenters. The molecule has 0 N–H and O–H groups in total. The minimum absolute atomic E-state index is 0.668. The van der Waals surface area contributed by atoms with Crippen molar-refractivity contribution < 1.29 is 0 Å². The van der Waals surface area contributed by atoms with Gasteiger partial charge in [-0.3, -0.25) is 0 Å². The summed E-state index contributed by atoms with van der Waals surface area (Å²) in [6.07, 6.45) is 12.2. The van der Waals surface area contributed by atoms with Crippen LogP contribution in [0, 0.1) is 17.2 Å². The smallest absolute Gasteiger partial charge is 0.0994 e. The first-order chi connectivity index (χ1) is 9.42. The monoisotopic (exact) mass is 269 g/mol. The highest BCUT2D eigenvalue weighted by molar-refractivity contribution is 5.57. The minimum atomic E-state index is 0.668. The SMILES string of the molecule is C=C(/C=C\CCC(C)C)C(=C/C=C(C)C)/C(C#N)=C\C. The Hall–Kier alpha value is -1.81. The van der Waals surface area contributed by atoms with Crippen LogP contribution in [0.2, 0.25) is 0 Å². The molecule has 0 saturated heterocycles.